The molecule has 3 aromatic carbocycles. The van der Waals surface area contributed by atoms with Crippen LogP contribution in [-0.2, 0) is 14.8 Å². The van der Waals surface area contributed by atoms with Gasteiger partial charge in [-0.05, 0) is 49.9 Å². The van der Waals surface area contributed by atoms with Crippen LogP contribution in [0.2, 0.25) is 0 Å². The Balaban J connectivity index is 1.68. The molecule has 0 bridgehead atoms. The summed E-state index contributed by atoms with van der Waals surface area (Å²) in [5, 5.41) is 10.8. The van der Waals surface area contributed by atoms with E-state index in [1.807, 2.05) is 20.8 Å². The topological polar surface area (TPSA) is 123 Å². The summed E-state index contributed by atoms with van der Waals surface area (Å²) in [6, 6.07) is 12.7. The third-order valence-corrected chi connectivity index (χ3v) is 7.28. The Morgan fingerprint density at radius 2 is 1.78 bits per heavy atom. The van der Waals surface area contributed by atoms with Crippen LogP contribution < -0.4 is 14.9 Å². The molecule has 1 aromatic heterocycles. The zero-order valence-electron chi connectivity index (χ0n) is 20.4. The van der Waals surface area contributed by atoms with Crippen molar-refractivity contribution in [2.24, 2.45) is 5.92 Å². The second-order valence-corrected chi connectivity index (χ2v) is 10.9. The summed E-state index contributed by atoms with van der Waals surface area (Å²) in [6.07, 6.45) is 0.183. The highest BCUT2D eigenvalue weighted by Crippen LogP contribution is 2.31. The number of phenols is 1. The molecule has 0 spiro atoms. The van der Waals surface area contributed by atoms with Gasteiger partial charge in [0.15, 0.2) is 0 Å². The fourth-order valence-electron chi connectivity index (χ4n) is 3.98. The van der Waals surface area contributed by atoms with Gasteiger partial charge in [0.25, 0.3) is 0 Å². The van der Waals surface area contributed by atoms with E-state index in [2.05, 4.69) is 4.72 Å². The third-order valence-electron chi connectivity index (χ3n) is 5.79. The number of aromatic hydroxyl groups is 1. The molecule has 0 saturated carbocycles. The average Bonchev–Trinajstić information content (AvgIpc) is 2.79. The average molecular weight is 510 g/mol. The molecule has 9 heteroatoms. The molecule has 188 valence electrons. The number of nitrogens with one attached hydrogen (secondary N) is 1. The molecule has 4 aromatic rings. The summed E-state index contributed by atoms with van der Waals surface area (Å²) < 4.78 is 39.6. The number of phenolic OH excluding ortho intramolecular Hbond substituents is 1. The van der Waals surface area contributed by atoms with Crippen LogP contribution in [0.5, 0.6) is 11.5 Å². The van der Waals surface area contributed by atoms with Gasteiger partial charge in [-0.1, -0.05) is 43.7 Å². The lowest BCUT2D eigenvalue weighted by atomic mass is 10.0. The lowest BCUT2D eigenvalue weighted by Gasteiger charge is -2.19. The van der Waals surface area contributed by atoms with E-state index in [0.29, 0.717) is 11.0 Å². The van der Waals surface area contributed by atoms with Crippen molar-refractivity contribution in [2.45, 2.75) is 45.1 Å². The second-order valence-electron chi connectivity index (χ2n) is 9.24. The Morgan fingerprint density at radius 1 is 1.08 bits per heavy atom. The molecule has 0 saturated heterocycles. The first-order valence-electron chi connectivity index (χ1n) is 11.5. The summed E-state index contributed by atoms with van der Waals surface area (Å²) in [7, 11) is -4.00. The molecule has 0 amide bonds. The van der Waals surface area contributed by atoms with Crippen LogP contribution >= 0.6 is 0 Å². The molecule has 1 unspecified atom stereocenters. The van der Waals surface area contributed by atoms with Crippen LogP contribution in [-0.4, -0.2) is 25.5 Å². The highest BCUT2D eigenvalue weighted by Gasteiger charge is 2.29. The summed E-state index contributed by atoms with van der Waals surface area (Å²) in [4.78, 5) is 26.0. The van der Waals surface area contributed by atoms with Crippen LogP contribution in [0.3, 0.4) is 0 Å². The van der Waals surface area contributed by atoms with Crippen LogP contribution in [0.1, 0.15) is 31.4 Å². The molecule has 2 N–H and O–H groups in total. The van der Waals surface area contributed by atoms with Gasteiger partial charge in [0.1, 0.15) is 34.1 Å². The van der Waals surface area contributed by atoms with Crippen LogP contribution in [0.15, 0.2) is 68.7 Å². The summed E-state index contributed by atoms with van der Waals surface area (Å²) >= 11 is 0. The maximum Gasteiger partial charge on any atom is 0.329 e. The van der Waals surface area contributed by atoms with E-state index in [1.54, 1.807) is 37.3 Å². The molecular formula is C27H27NO7S. The molecule has 0 fully saturated rings. The van der Waals surface area contributed by atoms with Crippen LogP contribution in [0.25, 0.3) is 21.9 Å². The number of carbonyl (C=O) groups excluding carboxylic acids is 1. The van der Waals surface area contributed by atoms with Gasteiger partial charge in [-0.15, -0.1) is 0 Å². The van der Waals surface area contributed by atoms with Gasteiger partial charge in [-0.3, -0.25) is 4.79 Å². The van der Waals surface area contributed by atoms with Crippen molar-refractivity contribution in [3.63, 3.8) is 0 Å². The van der Waals surface area contributed by atoms with Gasteiger partial charge in [0.05, 0.1) is 10.3 Å². The number of sulfonamides is 1. The van der Waals surface area contributed by atoms with Gasteiger partial charge < -0.3 is 14.3 Å². The van der Waals surface area contributed by atoms with Gasteiger partial charge in [-0.2, -0.15) is 4.72 Å². The van der Waals surface area contributed by atoms with E-state index in [-0.39, 0.29) is 34.0 Å². The molecule has 8 nitrogen and oxygen atoms in total. The van der Waals surface area contributed by atoms with E-state index in [4.69, 9.17) is 9.15 Å². The molecule has 1 atom stereocenters. The van der Waals surface area contributed by atoms with E-state index in [0.717, 1.165) is 17.2 Å². The zero-order chi connectivity index (χ0) is 26.2. The predicted molar refractivity (Wildman–Crippen MR) is 137 cm³/mol. The number of carbonyl (C=O) groups is 1. The second kappa shape index (κ2) is 9.75. The van der Waals surface area contributed by atoms with Gasteiger partial charge in [0.2, 0.25) is 15.5 Å². The third kappa shape index (κ3) is 5.12. The van der Waals surface area contributed by atoms with Crippen molar-refractivity contribution >= 4 is 37.9 Å². The largest absolute Gasteiger partial charge is 0.507 e. The molecular weight excluding hydrogens is 482 g/mol. The highest BCUT2D eigenvalue weighted by atomic mass is 32.2. The summed E-state index contributed by atoms with van der Waals surface area (Å²) in [6.45, 7) is 7.33. The number of rotatable bonds is 7. The number of hydrogen-bond donors (Lipinski definition) is 2. The van der Waals surface area contributed by atoms with Crippen molar-refractivity contribution < 1.29 is 27.5 Å². The Bertz CT molecular complexity index is 1620. The number of ether oxygens (including phenoxy) is 1. The number of para-hydroxylation sites is 1. The molecule has 0 aliphatic heterocycles. The van der Waals surface area contributed by atoms with E-state index < -0.39 is 33.2 Å². The smallest absolute Gasteiger partial charge is 0.329 e. The Labute approximate surface area is 208 Å². The minimum Gasteiger partial charge on any atom is -0.507 e. The quantitative estimate of drug-likeness (QED) is 0.213. The van der Waals surface area contributed by atoms with Crippen molar-refractivity contribution in [3.05, 3.63) is 75.9 Å². The standard InChI is InChI=1S/C27H27NO7S/c1-15(2)12-21(28-36(32,33)19-10-8-16(3)9-11-19)27(31)34-18-13-22(29)24-23(14-18)35-26-17(4)6-5-7-20(26)25(24)30/h5-11,13-15,21,28-29H,12H2,1-4H3. The van der Waals surface area contributed by atoms with Crippen molar-refractivity contribution in [1.82, 2.24) is 4.72 Å². The predicted octanol–water partition coefficient (Wildman–Crippen LogP) is 4.57. The summed E-state index contributed by atoms with van der Waals surface area (Å²) in [5.74, 6) is -1.37. The molecule has 1 heterocycles. The van der Waals surface area contributed by atoms with Gasteiger partial charge in [-0.25, -0.2) is 13.2 Å². The minimum atomic E-state index is -4.00. The maximum atomic E-state index is 13.1. The minimum absolute atomic E-state index is 0.0272. The lowest BCUT2D eigenvalue weighted by Crippen LogP contribution is -2.43. The lowest BCUT2D eigenvalue weighted by molar-refractivity contribution is -0.136. The molecule has 36 heavy (non-hydrogen) atoms. The van der Waals surface area contributed by atoms with Crippen molar-refractivity contribution in [2.75, 3.05) is 0 Å². The van der Waals surface area contributed by atoms with Crippen molar-refractivity contribution in [1.29, 1.82) is 0 Å². The highest BCUT2D eigenvalue weighted by molar-refractivity contribution is 7.89. The maximum absolute atomic E-state index is 13.1. The fraction of sp³-hybridized carbons (Fsp3) is 0.259. The molecule has 4 rings (SSSR count). The van der Waals surface area contributed by atoms with Gasteiger partial charge in [0, 0.05) is 12.1 Å². The van der Waals surface area contributed by atoms with Crippen LogP contribution in [0.4, 0.5) is 0 Å². The first-order valence-corrected chi connectivity index (χ1v) is 12.9. The summed E-state index contributed by atoms with van der Waals surface area (Å²) in [5.41, 5.74) is 1.63. The molecule has 0 radical (unpaired) electrons. The Morgan fingerprint density at radius 3 is 2.44 bits per heavy atom. The fourth-order valence-corrected chi connectivity index (χ4v) is 5.18. The first kappa shape index (κ1) is 25.4. The van der Waals surface area contributed by atoms with Gasteiger partial charge >= 0.3 is 5.97 Å². The SMILES string of the molecule is Cc1ccc(S(=O)(=O)NC(CC(C)C)C(=O)Oc2cc(O)c3c(=O)c4cccc(C)c4oc3c2)cc1. The molecule has 0 aliphatic carbocycles. The number of fused-ring (bicyclic) bond motifs is 2. The monoisotopic (exact) mass is 509 g/mol. The van der Waals surface area contributed by atoms with Crippen LogP contribution in [0, 0.1) is 19.8 Å². The van der Waals surface area contributed by atoms with E-state index in [1.165, 1.54) is 18.2 Å². The molecule has 0 aliphatic rings. The van der Waals surface area contributed by atoms with E-state index in [9.17, 15) is 23.1 Å². The van der Waals surface area contributed by atoms with Crippen molar-refractivity contribution in [3.8, 4) is 11.5 Å². The number of aryl methyl sites for hydroxylation is 2. The first-order chi connectivity index (χ1) is 17.0. The Kier molecular flexibility index (Phi) is 6.88. The number of esters is 1. The number of benzene rings is 3. The Hall–Kier alpha value is -3.69. The van der Waals surface area contributed by atoms with E-state index >= 15 is 0 Å². The number of hydrogen-bond acceptors (Lipinski definition) is 7. The normalized spacial score (nSPS) is 12.8. The zero-order valence-corrected chi connectivity index (χ0v) is 21.2.